The molecule has 1 fully saturated rings. The molecule has 1 atom stereocenters. The van der Waals surface area contributed by atoms with Gasteiger partial charge in [-0.15, -0.1) is 0 Å². The molecule has 4 rings (SSSR count). The lowest BCUT2D eigenvalue weighted by Crippen LogP contribution is -2.30. The van der Waals surface area contributed by atoms with E-state index in [4.69, 9.17) is 31.5 Å². The molecule has 2 N–H and O–H groups in total. The number of pyridine rings is 1. The minimum absolute atomic E-state index is 0.0318. The van der Waals surface area contributed by atoms with Crippen LogP contribution < -0.4 is 20.8 Å². The second kappa shape index (κ2) is 12.5. The molecule has 208 valence electrons. The Morgan fingerprint density at radius 3 is 2.74 bits per heavy atom. The van der Waals surface area contributed by atoms with Gasteiger partial charge in [-0.1, -0.05) is 17.7 Å². The molecule has 1 aliphatic heterocycles. The first-order valence-corrected chi connectivity index (χ1v) is 12.9. The Labute approximate surface area is 231 Å². The maximum atomic E-state index is 13.8. The quantitative estimate of drug-likeness (QED) is 0.375. The fourth-order valence-corrected chi connectivity index (χ4v) is 4.74. The molecule has 2 aromatic heterocycles. The Kier molecular flexibility index (Phi) is 9.05. The van der Waals surface area contributed by atoms with E-state index in [1.807, 2.05) is 25.1 Å². The third-order valence-corrected chi connectivity index (χ3v) is 6.85. The number of carbonyl (C=O) groups is 1. The number of amides is 1. The van der Waals surface area contributed by atoms with Gasteiger partial charge in [-0.2, -0.15) is 4.98 Å². The summed E-state index contributed by atoms with van der Waals surface area (Å²) >= 11 is 6.61. The maximum absolute atomic E-state index is 13.8. The molecule has 1 aliphatic rings. The van der Waals surface area contributed by atoms with E-state index < -0.39 is 0 Å². The van der Waals surface area contributed by atoms with Crippen molar-refractivity contribution in [2.75, 3.05) is 60.3 Å². The lowest BCUT2D eigenvalue weighted by Gasteiger charge is -2.17. The summed E-state index contributed by atoms with van der Waals surface area (Å²) in [7, 11) is 6.91. The van der Waals surface area contributed by atoms with Crippen LogP contribution >= 0.6 is 11.6 Å². The summed E-state index contributed by atoms with van der Waals surface area (Å²) in [6, 6.07) is 5.01. The largest absolute Gasteiger partial charge is 0.497 e. The summed E-state index contributed by atoms with van der Waals surface area (Å²) in [5.74, 6) is 0.894. The van der Waals surface area contributed by atoms with Crippen LogP contribution in [-0.4, -0.2) is 90.9 Å². The Bertz CT molecular complexity index is 1440. The number of likely N-dealkylation sites (N-methyl/N-ethyl adjacent to an activating group) is 1. The highest BCUT2D eigenvalue weighted by Gasteiger charge is 2.26. The fraction of sp³-hybridized carbons (Fsp3) is 0.407. The first-order valence-electron chi connectivity index (χ1n) is 12.5. The Morgan fingerprint density at radius 2 is 2.03 bits per heavy atom. The summed E-state index contributed by atoms with van der Waals surface area (Å²) in [4.78, 5) is 38.4. The molecule has 1 amide bonds. The monoisotopic (exact) mass is 556 g/mol. The lowest BCUT2D eigenvalue weighted by atomic mass is 10.0. The number of anilines is 1. The number of nitrogens with two attached hydrogens (primary N) is 1. The Balaban J connectivity index is 1.57. The number of benzene rings is 1. The third kappa shape index (κ3) is 6.49. The van der Waals surface area contributed by atoms with Gasteiger partial charge in [0.15, 0.2) is 0 Å². The fourth-order valence-electron chi connectivity index (χ4n) is 4.45. The van der Waals surface area contributed by atoms with Crippen LogP contribution in [0.25, 0.3) is 22.2 Å². The normalized spacial score (nSPS) is 15.5. The molecule has 0 bridgehead atoms. The zero-order chi connectivity index (χ0) is 28.1. The summed E-state index contributed by atoms with van der Waals surface area (Å²) < 4.78 is 18.4. The van der Waals surface area contributed by atoms with Crippen molar-refractivity contribution >= 4 is 34.5 Å². The van der Waals surface area contributed by atoms with Crippen LogP contribution in [0.3, 0.4) is 0 Å². The maximum Gasteiger partial charge on any atom is 0.260 e. The predicted octanol–water partition coefficient (Wildman–Crippen LogP) is 2.45. The van der Waals surface area contributed by atoms with Gasteiger partial charge in [-0.05, 0) is 32.6 Å². The number of fused-ring (bicyclic) bond motifs is 1. The van der Waals surface area contributed by atoms with Crippen molar-refractivity contribution in [1.29, 1.82) is 0 Å². The molecule has 0 saturated carbocycles. The van der Waals surface area contributed by atoms with E-state index in [9.17, 15) is 9.59 Å². The average Bonchev–Trinajstić information content (AvgIpc) is 3.39. The van der Waals surface area contributed by atoms with Crippen LogP contribution in [0.2, 0.25) is 5.02 Å². The molecule has 0 aliphatic carbocycles. The van der Waals surface area contributed by atoms with E-state index >= 15 is 0 Å². The van der Waals surface area contributed by atoms with Crippen LogP contribution in [0.5, 0.6) is 11.5 Å². The number of hydrogen-bond donors (Lipinski definition) is 1. The predicted molar refractivity (Wildman–Crippen MR) is 150 cm³/mol. The molecule has 11 nitrogen and oxygen atoms in total. The molecule has 39 heavy (non-hydrogen) atoms. The zero-order valence-corrected chi connectivity index (χ0v) is 23.3. The number of halogens is 1. The summed E-state index contributed by atoms with van der Waals surface area (Å²) in [6.45, 7) is 2.26. The number of methoxy groups -OCH3 is 2. The minimum atomic E-state index is -0.323. The van der Waals surface area contributed by atoms with Crippen LogP contribution in [0.15, 0.2) is 41.3 Å². The topological polar surface area (TPSA) is 125 Å². The summed E-state index contributed by atoms with van der Waals surface area (Å²) in [6.07, 6.45) is 5.60. The Hall–Kier alpha value is -3.67. The van der Waals surface area contributed by atoms with E-state index in [0.29, 0.717) is 53.3 Å². The minimum Gasteiger partial charge on any atom is -0.497 e. The first kappa shape index (κ1) is 28.3. The van der Waals surface area contributed by atoms with Crippen molar-refractivity contribution in [2.24, 2.45) is 0 Å². The number of nitrogens with zero attached hydrogens (tertiary/aromatic N) is 5. The van der Waals surface area contributed by atoms with E-state index in [1.54, 1.807) is 35.4 Å². The van der Waals surface area contributed by atoms with E-state index in [1.165, 1.54) is 18.8 Å². The van der Waals surface area contributed by atoms with Crippen molar-refractivity contribution in [3.05, 3.63) is 51.9 Å². The molecule has 0 spiro atoms. The van der Waals surface area contributed by atoms with Gasteiger partial charge in [0.05, 0.1) is 38.5 Å². The molecular formula is C27H33ClN6O5. The van der Waals surface area contributed by atoms with Crippen LogP contribution in [0.4, 0.5) is 5.95 Å². The van der Waals surface area contributed by atoms with Gasteiger partial charge in [0.25, 0.3) is 5.56 Å². The smallest absolute Gasteiger partial charge is 0.260 e. The number of hydrogen-bond acceptors (Lipinski definition) is 9. The molecule has 0 radical (unpaired) electrons. The number of likely N-dealkylation sites (tertiary alicyclic amines) is 1. The van der Waals surface area contributed by atoms with Crippen LogP contribution in [0, 0.1) is 0 Å². The van der Waals surface area contributed by atoms with E-state index in [0.717, 1.165) is 6.42 Å². The number of carbonyl (C=O) groups excluding carboxylic acids is 1. The SMILES string of the molecule is COc1cc(OC)c(Cl)c(-c2cc3cnc(N)nc3n(CCOC3CCN(C(=O)/C=C/CN(C)C)C3)c2=O)c1. The molecule has 1 unspecified atom stereocenters. The van der Waals surface area contributed by atoms with Gasteiger partial charge in [-0.3, -0.25) is 14.2 Å². The van der Waals surface area contributed by atoms with Crippen molar-refractivity contribution in [1.82, 2.24) is 24.3 Å². The van der Waals surface area contributed by atoms with Gasteiger partial charge in [0, 0.05) is 54.5 Å². The molecule has 3 aromatic rings. The first-order chi connectivity index (χ1) is 18.7. The highest BCUT2D eigenvalue weighted by molar-refractivity contribution is 6.35. The summed E-state index contributed by atoms with van der Waals surface area (Å²) in [5.41, 5.74) is 6.70. The van der Waals surface area contributed by atoms with Crippen molar-refractivity contribution in [3.63, 3.8) is 0 Å². The zero-order valence-electron chi connectivity index (χ0n) is 22.5. The van der Waals surface area contributed by atoms with Crippen LogP contribution in [-0.2, 0) is 16.1 Å². The second-order valence-electron chi connectivity index (χ2n) is 9.44. The standard InChI is InChI=1S/C27H33ClN6O5/c1-32(2)8-5-6-23(35)33-9-7-18(16-33)39-11-10-34-25-17(15-30-27(29)31-25)12-21(26(34)36)20-13-19(37-3)14-22(38-4)24(20)28/h5-6,12-15,18H,7-11,16H2,1-4H3,(H2,29,30,31)/b6-5+. The Morgan fingerprint density at radius 1 is 1.23 bits per heavy atom. The molecule has 12 heteroatoms. The number of nitrogen functional groups attached to an aromatic ring is 1. The van der Waals surface area contributed by atoms with Gasteiger partial charge in [0.2, 0.25) is 11.9 Å². The molecule has 1 saturated heterocycles. The highest BCUT2D eigenvalue weighted by Crippen LogP contribution is 2.38. The number of aromatic nitrogens is 3. The van der Waals surface area contributed by atoms with Crippen molar-refractivity contribution in [3.8, 4) is 22.6 Å². The third-order valence-electron chi connectivity index (χ3n) is 6.46. The molecule has 1 aromatic carbocycles. The van der Waals surface area contributed by atoms with Crippen LogP contribution in [0.1, 0.15) is 6.42 Å². The van der Waals surface area contributed by atoms with E-state index in [-0.39, 0.29) is 41.7 Å². The number of ether oxygens (including phenoxy) is 3. The van der Waals surface area contributed by atoms with Gasteiger partial charge < -0.3 is 29.7 Å². The van der Waals surface area contributed by atoms with Gasteiger partial charge in [-0.25, -0.2) is 4.98 Å². The summed E-state index contributed by atoms with van der Waals surface area (Å²) in [5, 5.41) is 0.892. The van der Waals surface area contributed by atoms with Crippen molar-refractivity contribution in [2.45, 2.75) is 19.1 Å². The van der Waals surface area contributed by atoms with Crippen molar-refractivity contribution < 1.29 is 19.0 Å². The highest BCUT2D eigenvalue weighted by atomic mass is 35.5. The molecular weight excluding hydrogens is 524 g/mol. The molecule has 3 heterocycles. The number of rotatable bonds is 10. The van der Waals surface area contributed by atoms with Gasteiger partial charge >= 0.3 is 0 Å². The van der Waals surface area contributed by atoms with E-state index in [2.05, 4.69) is 9.97 Å². The second-order valence-corrected chi connectivity index (χ2v) is 9.82. The van der Waals surface area contributed by atoms with Gasteiger partial charge in [0.1, 0.15) is 17.1 Å². The lowest BCUT2D eigenvalue weighted by molar-refractivity contribution is -0.125. The average molecular weight is 557 g/mol.